The Bertz CT molecular complexity index is 1190. The summed E-state index contributed by atoms with van der Waals surface area (Å²) in [5, 5.41) is 8.99. The fourth-order valence-corrected chi connectivity index (χ4v) is 5.69. The molecular weight excluding hydrogens is 484 g/mol. The molecule has 0 aromatic heterocycles. The molecule has 4 heteroatoms. The summed E-state index contributed by atoms with van der Waals surface area (Å²) in [6, 6.07) is 23.1. The van der Waals surface area contributed by atoms with Gasteiger partial charge < -0.3 is 14.6 Å². The quantitative estimate of drug-likeness (QED) is 0.138. The van der Waals surface area contributed by atoms with Crippen LogP contribution in [0.5, 0.6) is 5.75 Å². The normalized spacial score (nSPS) is 17.0. The fourth-order valence-electron chi connectivity index (χ4n) is 5.69. The smallest absolute Gasteiger partial charge is 0.330 e. The van der Waals surface area contributed by atoms with Crippen molar-refractivity contribution in [3.05, 3.63) is 90.5 Å². The van der Waals surface area contributed by atoms with Gasteiger partial charge >= 0.3 is 5.97 Å². The lowest BCUT2D eigenvalue weighted by molar-refractivity contribution is -0.138. The van der Waals surface area contributed by atoms with Crippen LogP contribution in [0.1, 0.15) is 75.3 Å². The van der Waals surface area contributed by atoms with Gasteiger partial charge in [-0.2, -0.15) is 0 Å². The van der Waals surface area contributed by atoms with E-state index < -0.39 is 5.97 Å². The van der Waals surface area contributed by atoms with Gasteiger partial charge in [0.2, 0.25) is 0 Å². The molecule has 3 aromatic rings. The third kappa shape index (κ3) is 8.06. The Morgan fingerprint density at radius 1 is 0.923 bits per heavy atom. The van der Waals surface area contributed by atoms with Gasteiger partial charge in [0.15, 0.2) is 0 Å². The number of aliphatic hydroxyl groups is 1. The Hall–Kier alpha value is -3.37. The standard InChI is InChI=1S/C35H42O4/c1-3-5-6-7-26-8-10-27(11-9-26)28-12-14-29(15-13-28)31-18-21-34(32(24-31)25-39-35(37)4-2)30-16-19-33(20-17-30)38-23-22-36/h4,12-21,24,26-27,36H,2-3,5-11,22-23,25H2,1H3. The van der Waals surface area contributed by atoms with E-state index in [-0.39, 0.29) is 19.8 Å². The Morgan fingerprint density at radius 2 is 1.62 bits per heavy atom. The summed E-state index contributed by atoms with van der Waals surface area (Å²) >= 11 is 0. The van der Waals surface area contributed by atoms with E-state index in [1.54, 1.807) is 0 Å². The maximum Gasteiger partial charge on any atom is 0.330 e. The number of unbranched alkanes of at least 4 members (excludes halogenated alkanes) is 2. The summed E-state index contributed by atoms with van der Waals surface area (Å²) in [6.07, 6.45) is 12.0. The molecule has 1 aliphatic carbocycles. The van der Waals surface area contributed by atoms with Gasteiger partial charge in [-0.25, -0.2) is 4.79 Å². The Balaban J connectivity index is 1.48. The number of carbonyl (C=O) groups excluding carboxylic acids is 1. The van der Waals surface area contributed by atoms with Gasteiger partial charge in [0.25, 0.3) is 0 Å². The van der Waals surface area contributed by atoms with Crippen LogP contribution in [0.4, 0.5) is 0 Å². The minimum atomic E-state index is -0.441. The number of benzene rings is 3. The van der Waals surface area contributed by atoms with Crippen LogP contribution in [-0.4, -0.2) is 24.3 Å². The number of carbonyl (C=O) groups is 1. The van der Waals surface area contributed by atoms with E-state index in [9.17, 15) is 4.79 Å². The number of hydrogen-bond donors (Lipinski definition) is 1. The van der Waals surface area contributed by atoms with Crippen LogP contribution < -0.4 is 4.74 Å². The molecule has 3 aromatic carbocycles. The molecule has 1 fully saturated rings. The summed E-state index contributed by atoms with van der Waals surface area (Å²) in [5.41, 5.74) is 6.63. The maximum atomic E-state index is 11.8. The van der Waals surface area contributed by atoms with E-state index in [1.165, 1.54) is 63.0 Å². The van der Waals surface area contributed by atoms with E-state index in [2.05, 4.69) is 56.0 Å². The molecule has 4 rings (SSSR count). The number of hydrogen-bond acceptors (Lipinski definition) is 4. The average Bonchev–Trinajstić information content (AvgIpc) is 2.99. The van der Waals surface area contributed by atoms with Crippen molar-refractivity contribution in [2.24, 2.45) is 5.92 Å². The zero-order valence-corrected chi connectivity index (χ0v) is 23.2. The van der Waals surface area contributed by atoms with E-state index >= 15 is 0 Å². The van der Waals surface area contributed by atoms with Gasteiger partial charge in [0.05, 0.1) is 6.61 Å². The molecule has 0 unspecified atom stereocenters. The highest BCUT2D eigenvalue weighted by Crippen LogP contribution is 2.38. The predicted octanol–water partition coefficient (Wildman–Crippen LogP) is 8.48. The first-order valence-corrected chi connectivity index (χ1v) is 14.5. The molecular formula is C35H42O4. The molecule has 1 aliphatic rings. The highest BCUT2D eigenvalue weighted by Gasteiger charge is 2.22. The van der Waals surface area contributed by atoms with Crippen LogP contribution in [0.15, 0.2) is 79.4 Å². The van der Waals surface area contributed by atoms with E-state index in [4.69, 9.17) is 14.6 Å². The van der Waals surface area contributed by atoms with Crippen LogP contribution >= 0.6 is 0 Å². The van der Waals surface area contributed by atoms with Crippen molar-refractivity contribution in [2.45, 2.75) is 70.8 Å². The highest BCUT2D eigenvalue weighted by atomic mass is 16.5. The van der Waals surface area contributed by atoms with Crippen molar-refractivity contribution < 1.29 is 19.4 Å². The lowest BCUT2D eigenvalue weighted by Gasteiger charge is -2.29. The summed E-state index contributed by atoms with van der Waals surface area (Å²) in [6.45, 7) is 6.19. The maximum absolute atomic E-state index is 11.8. The van der Waals surface area contributed by atoms with Gasteiger partial charge in [-0.1, -0.05) is 87.7 Å². The lowest BCUT2D eigenvalue weighted by atomic mass is 9.77. The first-order valence-electron chi connectivity index (χ1n) is 14.5. The number of aliphatic hydroxyl groups excluding tert-OH is 1. The number of rotatable bonds is 13. The second-order valence-corrected chi connectivity index (χ2v) is 10.6. The first-order chi connectivity index (χ1) is 19.1. The largest absolute Gasteiger partial charge is 0.491 e. The van der Waals surface area contributed by atoms with Gasteiger partial charge in [-0.15, -0.1) is 0 Å². The molecule has 0 aliphatic heterocycles. The summed E-state index contributed by atoms with van der Waals surface area (Å²) in [5.74, 6) is 1.85. The zero-order valence-electron chi connectivity index (χ0n) is 23.2. The average molecular weight is 527 g/mol. The Labute approximate surface area is 233 Å². The van der Waals surface area contributed by atoms with Crippen molar-refractivity contribution in [2.75, 3.05) is 13.2 Å². The second-order valence-electron chi connectivity index (χ2n) is 10.6. The molecule has 1 saturated carbocycles. The van der Waals surface area contributed by atoms with Crippen molar-refractivity contribution in [3.8, 4) is 28.0 Å². The molecule has 0 saturated heterocycles. The molecule has 4 nitrogen and oxygen atoms in total. The van der Waals surface area contributed by atoms with Crippen molar-refractivity contribution in [1.29, 1.82) is 0 Å². The predicted molar refractivity (Wildman–Crippen MR) is 159 cm³/mol. The van der Waals surface area contributed by atoms with Crippen LogP contribution in [0.2, 0.25) is 0 Å². The van der Waals surface area contributed by atoms with E-state index in [1.807, 2.05) is 24.3 Å². The molecule has 0 amide bonds. The zero-order chi connectivity index (χ0) is 27.5. The van der Waals surface area contributed by atoms with E-state index in [0.29, 0.717) is 11.7 Å². The molecule has 206 valence electrons. The Kier molecular flexibility index (Phi) is 10.8. The highest BCUT2D eigenvalue weighted by molar-refractivity contribution is 5.81. The minimum absolute atomic E-state index is 0.0245. The lowest BCUT2D eigenvalue weighted by Crippen LogP contribution is -2.13. The first kappa shape index (κ1) is 28.6. The number of ether oxygens (including phenoxy) is 2. The topological polar surface area (TPSA) is 55.8 Å². The van der Waals surface area contributed by atoms with Crippen LogP contribution in [0.3, 0.4) is 0 Å². The molecule has 0 heterocycles. The summed E-state index contributed by atoms with van der Waals surface area (Å²) in [4.78, 5) is 11.8. The van der Waals surface area contributed by atoms with E-state index in [0.717, 1.165) is 33.7 Å². The van der Waals surface area contributed by atoms with Gasteiger partial charge in [0, 0.05) is 6.08 Å². The number of esters is 1. The van der Waals surface area contributed by atoms with Crippen LogP contribution in [0.25, 0.3) is 22.3 Å². The Morgan fingerprint density at radius 3 is 2.28 bits per heavy atom. The van der Waals surface area contributed by atoms with Crippen molar-refractivity contribution in [3.63, 3.8) is 0 Å². The van der Waals surface area contributed by atoms with Crippen LogP contribution in [-0.2, 0) is 16.1 Å². The molecule has 0 radical (unpaired) electrons. The van der Waals surface area contributed by atoms with Gasteiger partial charge in [-0.3, -0.25) is 0 Å². The van der Waals surface area contributed by atoms with Crippen LogP contribution in [0, 0.1) is 5.92 Å². The molecule has 0 bridgehead atoms. The third-order valence-corrected chi connectivity index (χ3v) is 7.95. The van der Waals surface area contributed by atoms with Gasteiger partial charge in [-0.05, 0) is 89.1 Å². The minimum Gasteiger partial charge on any atom is -0.491 e. The molecule has 0 spiro atoms. The summed E-state index contributed by atoms with van der Waals surface area (Å²) < 4.78 is 10.9. The monoisotopic (exact) mass is 526 g/mol. The van der Waals surface area contributed by atoms with Gasteiger partial charge in [0.1, 0.15) is 19.0 Å². The van der Waals surface area contributed by atoms with Crippen molar-refractivity contribution in [1.82, 2.24) is 0 Å². The fraction of sp³-hybridized carbons (Fsp3) is 0.400. The summed E-state index contributed by atoms with van der Waals surface area (Å²) in [7, 11) is 0. The molecule has 1 N–H and O–H groups in total. The second kappa shape index (κ2) is 14.7. The molecule has 0 atom stereocenters. The molecule has 39 heavy (non-hydrogen) atoms. The van der Waals surface area contributed by atoms with Crippen molar-refractivity contribution >= 4 is 5.97 Å². The third-order valence-electron chi connectivity index (χ3n) is 7.95. The SMILES string of the molecule is C=CC(=O)OCc1cc(-c2ccc(C3CCC(CCCCC)CC3)cc2)ccc1-c1ccc(OCCO)cc1.